The van der Waals surface area contributed by atoms with Gasteiger partial charge in [-0.25, -0.2) is 0 Å². The molecule has 144 valence electrons. The van der Waals surface area contributed by atoms with Gasteiger partial charge < -0.3 is 20.0 Å². The molecule has 2 N–H and O–H groups in total. The summed E-state index contributed by atoms with van der Waals surface area (Å²) < 4.78 is 5.24. The first kappa shape index (κ1) is 19.5. The van der Waals surface area contributed by atoms with Crippen LogP contribution in [0, 0.1) is 0 Å². The molecule has 0 bridgehead atoms. The lowest BCUT2D eigenvalue weighted by Gasteiger charge is -2.31. The largest absolute Gasteiger partial charge is 0.467 e. The van der Waals surface area contributed by atoms with Gasteiger partial charge in [-0.05, 0) is 42.5 Å². The van der Waals surface area contributed by atoms with Gasteiger partial charge in [0.05, 0.1) is 18.8 Å². The maximum absolute atomic E-state index is 13.0. The predicted molar refractivity (Wildman–Crippen MR) is 103 cm³/mol. The summed E-state index contributed by atoms with van der Waals surface area (Å²) in [7, 11) is 0. The first-order valence-corrected chi connectivity index (χ1v) is 9.13. The van der Waals surface area contributed by atoms with E-state index in [1.54, 1.807) is 17.2 Å². The van der Waals surface area contributed by atoms with E-state index in [0.717, 1.165) is 6.42 Å². The average Bonchev–Trinajstić information content (AvgIpc) is 3.37. The lowest BCUT2D eigenvalue weighted by atomic mass is 9.95. The molecule has 1 saturated heterocycles. The van der Waals surface area contributed by atoms with Crippen molar-refractivity contribution in [3.63, 3.8) is 0 Å². The number of hydrogen-bond acceptors (Lipinski definition) is 4. The summed E-state index contributed by atoms with van der Waals surface area (Å²) in [5.74, 6) is 0.624. The van der Waals surface area contributed by atoms with Crippen molar-refractivity contribution in [1.29, 1.82) is 0 Å². The number of benzene rings is 1. The number of amides is 2. The molecule has 6 nitrogen and oxygen atoms in total. The van der Waals surface area contributed by atoms with Crippen molar-refractivity contribution in [2.24, 2.45) is 0 Å². The van der Waals surface area contributed by atoms with E-state index in [0.29, 0.717) is 38.2 Å². The van der Waals surface area contributed by atoms with Gasteiger partial charge in [-0.2, -0.15) is 0 Å². The molecule has 0 spiro atoms. The second-order valence-electron chi connectivity index (χ2n) is 6.89. The Bertz CT molecular complexity index is 794. The highest BCUT2D eigenvalue weighted by molar-refractivity contribution is 5.90. The molecule has 0 aliphatic carbocycles. The van der Waals surface area contributed by atoms with Crippen LogP contribution in [0.1, 0.15) is 29.7 Å². The van der Waals surface area contributed by atoms with Gasteiger partial charge in [0, 0.05) is 13.1 Å². The summed E-state index contributed by atoms with van der Waals surface area (Å²) in [5.41, 5.74) is 2.45. The maximum Gasteiger partial charge on any atom is 0.243 e. The van der Waals surface area contributed by atoms with Crippen LogP contribution in [0.3, 0.4) is 0 Å². The van der Waals surface area contributed by atoms with Crippen LogP contribution in [0.5, 0.6) is 0 Å². The van der Waals surface area contributed by atoms with E-state index in [1.807, 2.05) is 18.2 Å². The van der Waals surface area contributed by atoms with E-state index in [2.05, 4.69) is 22.8 Å². The van der Waals surface area contributed by atoms with Gasteiger partial charge in [0.2, 0.25) is 11.8 Å². The summed E-state index contributed by atoms with van der Waals surface area (Å²) in [5, 5.41) is 6.21. The fourth-order valence-electron chi connectivity index (χ4n) is 3.84. The number of nitrogens with one attached hydrogen (secondary N) is 2. The molecule has 2 atom stereocenters. The van der Waals surface area contributed by atoms with Gasteiger partial charge in [0.1, 0.15) is 11.8 Å². The second-order valence-corrected chi connectivity index (χ2v) is 6.89. The molecule has 27 heavy (non-hydrogen) atoms. The zero-order valence-corrected chi connectivity index (χ0v) is 15.8. The van der Waals surface area contributed by atoms with Crippen molar-refractivity contribution in [2.45, 2.75) is 44.4 Å². The minimum absolute atomic E-state index is 0. The summed E-state index contributed by atoms with van der Waals surface area (Å²) in [6.07, 6.45) is 3.82. The van der Waals surface area contributed by atoms with Gasteiger partial charge in [-0.1, -0.05) is 24.3 Å². The lowest BCUT2D eigenvalue weighted by Crippen LogP contribution is -2.54. The fourth-order valence-corrected chi connectivity index (χ4v) is 3.84. The van der Waals surface area contributed by atoms with Gasteiger partial charge in [-0.15, -0.1) is 12.4 Å². The highest BCUT2D eigenvalue weighted by Crippen LogP contribution is 2.22. The summed E-state index contributed by atoms with van der Waals surface area (Å²) in [4.78, 5) is 27.3. The SMILES string of the molecule is Cl.O=C(NCc1ccco1)[C@@H]1CCCN1C(=O)[C@@H]1Cc2ccccc2CN1. The Balaban J connectivity index is 0.00000210. The average molecular weight is 390 g/mol. The smallest absolute Gasteiger partial charge is 0.243 e. The molecule has 4 rings (SSSR count). The first-order valence-electron chi connectivity index (χ1n) is 9.13. The second kappa shape index (κ2) is 8.59. The van der Waals surface area contributed by atoms with Crippen molar-refractivity contribution < 1.29 is 14.0 Å². The number of hydrogen-bond donors (Lipinski definition) is 2. The van der Waals surface area contributed by atoms with Crippen LogP contribution in [-0.2, 0) is 29.1 Å². The highest BCUT2D eigenvalue weighted by atomic mass is 35.5. The molecular weight excluding hydrogens is 366 g/mol. The number of fused-ring (bicyclic) bond motifs is 1. The molecule has 1 aromatic carbocycles. The van der Waals surface area contributed by atoms with Gasteiger partial charge in [-0.3, -0.25) is 9.59 Å². The fraction of sp³-hybridized carbons (Fsp3) is 0.400. The minimum atomic E-state index is -0.392. The molecule has 3 heterocycles. The minimum Gasteiger partial charge on any atom is -0.467 e. The zero-order valence-electron chi connectivity index (χ0n) is 15.0. The van der Waals surface area contributed by atoms with Gasteiger partial charge in [0.15, 0.2) is 0 Å². The maximum atomic E-state index is 13.0. The Kier molecular flexibility index (Phi) is 6.19. The number of nitrogens with zero attached hydrogens (tertiary/aromatic N) is 1. The van der Waals surface area contributed by atoms with E-state index in [9.17, 15) is 9.59 Å². The Morgan fingerprint density at radius 1 is 1.19 bits per heavy atom. The van der Waals surface area contributed by atoms with E-state index in [1.165, 1.54) is 11.1 Å². The normalized spacial score (nSPS) is 21.3. The number of rotatable bonds is 4. The summed E-state index contributed by atoms with van der Waals surface area (Å²) >= 11 is 0. The Morgan fingerprint density at radius 2 is 2.00 bits per heavy atom. The quantitative estimate of drug-likeness (QED) is 0.839. The van der Waals surface area contributed by atoms with Crippen LogP contribution in [0.2, 0.25) is 0 Å². The summed E-state index contributed by atoms with van der Waals surface area (Å²) in [6, 6.07) is 11.1. The number of carbonyl (C=O) groups is 2. The van der Waals surface area contributed by atoms with Gasteiger partial charge in [0.25, 0.3) is 0 Å². The van der Waals surface area contributed by atoms with Crippen LogP contribution >= 0.6 is 12.4 Å². The topological polar surface area (TPSA) is 74.6 Å². The van der Waals surface area contributed by atoms with Crippen LogP contribution in [-0.4, -0.2) is 35.3 Å². The number of carbonyl (C=O) groups excluding carboxylic acids is 2. The van der Waals surface area contributed by atoms with Crippen LogP contribution in [0.25, 0.3) is 0 Å². The Morgan fingerprint density at radius 3 is 2.78 bits per heavy atom. The molecule has 0 unspecified atom stereocenters. The molecule has 2 aromatic rings. The molecule has 0 saturated carbocycles. The zero-order chi connectivity index (χ0) is 17.9. The third-order valence-corrected chi connectivity index (χ3v) is 5.23. The van der Waals surface area contributed by atoms with Crippen molar-refractivity contribution >= 4 is 24.2 Å². The molecular formula is C20H24ClN3O3. The van der Waals surface area contributed by atoms with Crippen molar-refractivity contribution in [3.8, 4) is 0 Å². The standard InChI is InChI=1S/C20H23N3O3.ClH/c24-19(22-13-16-7-4-10-26-16)18-8-3-9-23(18)20(25)17-11-14-5-1-2-6-15(14)12-21-17;/h1-2,4-7,10,17-18,21H,3,8-9,11-13H2,(H,22,24);1H/t17-,18-;/m0./s1. The summed E-state index contributed by atoms with van der Waals surface area (Å²) in [6.45, 7) is 1.67. The Hall–Kier alpha value is -2.31. The van der Waals surface area contributed by atoms with E-state index in [4.69, 9.17) is 4.42 Å². The van der Waals surface area contributed by atoms with Gasteiger partial charge >= 0.3 is 0 Å². The van der Waals surface area contributed by atoms with Crippen molar-refractivity contribution in [3.05, 3.63) is 59.5 Å². The highest BCUT2D eigenvalue weighted by Gasteiger charge is 2.37. The lowest BCUT2D eigenvalue weighted by molar-refractivity contribution is -0.140. The molecule has 2 aliphatic rings. The van der Waals surface area contributed by atoms with Crippen molar-refractivity contribution in [2.75, 3.05) is 6.54 Å². The van der Waals surface area contributed by atoms with Crippen LogP contribution < -0.4 is 10.6 Å². The van der Waals surface area contributed by atoms with E-state index in [-0.39, 0.29) is 30.3 Å². The molecule has 0 radical (unpaired) electrons. The number of likely N-dealkylation sites (tertiary alicyclic amines) is 1. The number of halogens is 1. The molecule has 2 aliphatic heterocycles. The first-order chi connectivity index (χ1) is 12.7. The molecule has 1 fully saturated rings. The third kappa shape index (κ3) is 4.17. The third-order valence-electron chi connectivity index (χ3n) is 5.23. The predicted octanol–water partition coefficient (Wildman–Crippen LogP) is 2.02. The number of furan rings is 1. The van der Waals surface area contributed by atoms with Crippen LogP contribution in [0.15, 0.2) is 47.1 Å². The monoisotopic (exact) mass is 389 g/mol. The Labute approximate surface area is 164 Å². The van der Waals surface area contributed by atoms with E-state index >= 15 is 0 Å². The molecule has 1 aromatic heterocycles. The molecule has 2 amide bonds. The van der Waals surface area contributed by atoms with E-state index < -0.39 is 6.04 Å². The molecule has 7 heteroatoms. The van der Waals surface area contributed by atoms with Crippen molar-refractivity contribution in [1.82, 2.24) is 15.5 Å². The van der Waals surface area contributed by atoms with Crippen LogP contribution in [0.4, 0.5) is 0 Å².